The average Bonchev–Trinajstić information content (AvgIpc) is 2.91. The van der Waals surface area contributed by atoms with E-state index in [1.165, 1.54) is 0 Å². The summed E-state index contributed by atoms with van der Waals surface area (Å²) in [4.78, 5) is 28.1. The minimum Gasteiger partial charge on any atom is -0.497 e. The largest absolute Gasteiger partial charge is 0.497 e. The zero-order chi connectivity index (χ0) is 26.1. The van der Waals surface area contributed by atoms with Crippen LogP contribution in [0.1, 0.15) is 23.6 Å². The smallest absolute Gasteiger partial charge is 0.242 e. The molecule has 3 aromatic rings. The van der Waals surface area contributed by atoms with Gasteiger partial charge in [-0.3, -0.25) is 9.59 Å². The van der Waals surface area contributed by atoms with Gasteiger partial charge in [-0.1, -0.05) is 41.9 Å². The fourth-order valence-corrected chi connectivity index (χ4v) is 3.84. The van der Waals surface area contributed by atoms with Crippen LogP contribution in [0.3, 0.4) is 0 Å². The van der Waals surface area contributed by atoms with Crippen molar-refractivity contribution in [2.24, 2.45) is 0 Å². The van der Waals surface area contributed by atoms with Crippen molar-refractivity contribution in [1.82, 2.24) is 10.2 Å². The lowest BCUT2D eigenvalue weighted by atomic mass is 10.1. The Morgan fingerprint density at radius 2 is 1.44 bits per heavy atom. The summed E-state index contributed by atoms with van der Waals surface area (Å²) in [5.74, 6) is 1.42. The topological polar surface area (TPSA) is 77.1 Å². The summed E-state index contributed by atoms with van der Waals surface area (Å²) in [6.07, 6.45) is 0.101. The molecule has 0 bridgehead atoms. The number of benzene rings is 3. The van der Waals surface area contributed by atoms with Gasteiger partial charge in [-0.2, -0.15) is 0 Å². The summed E-state index contributed by atoms with van der Waals surface area (Å²) in [5.41, 5.74) is 2.55. The van der Waals surface area contributed by atoms with E-state index in [9.17, 15) is 9.59 Å². The number of carbonyl (C=O) groups excluding carboxylic acids is 2. The van der Waals surface area contributed by atoms with Crippen LogP contribution in [0.15, 0.2) is 66.7 Å². The number of ether oxygens (including phenoxy) is 3. The van der Waals surface area contributed by atoms with Crippen molar-refractivity contribution < 1.29 is 23.8 Å². The van der Waals surface area contributed by atoms with Gasteiger partial charge in [0.05, 0.1) is 27.8 Å². The summed E-state index contributed by atoms with van der Waals surface area (Å²) < 4.78 is 15.8. The lowest BCUT2D eigenvalue weighted by Gasteiger charge is -2.29. The molecule has 0 fully saturated rings. The molecule has 0 spiro atoms. The van der Waals surface area contributed by atoms with Crippen LogP contribution in [0.4, 0.5) is 0 Å². The van der Waals surface area contributed by atoms with Crippen LogP contribution in [-0.2, 0) is 29.1 Å². The minimum atomic E-state index is -0.702. The van der Waals surface area contributed by atoms with E-state index in [-0.39, 0.29) is 24.8 Å². The second-order valence-electron chi connectivity index (χ2n) is 8.26. The predicted molar refractivity (Wildman–Crippen MR) is 140 cm³/mol. The Hall–Kier alpha value is -3.71. The molecular weight excluding hydrogens is 480 g/mol. The number of halogens is 1. The summed E-state index contributed by atoms with van der Waals surface area (Å²) in [7, 11) is 4.71. The molecular formula is C28H31ClN2O5. The number of nitrogens with one attached hydrogen (secondary N) is 1. The molecule has 1 atom stereocenters. The molecule has 3 rings (SSSR count). The summed E-state index contributed by atoms with van der Waals surface area (Å²) in [5, 5.41) is 3.54. The number of carbonyl (C=O) groups is 2. The molecule has 0 aromatic heterocycles. The van der Waals surface area contributed by atoms with Crippen LogP contribution >= 0.6 is 11.6 Å². The monoisotopic (exact) mass is 510 g/mol. The van der Waals surface area contributed by atoms with E-state index < -0.39 is 6.04 Å². The molecule has 36 heavy (non-hydrogen) atoms. The lowest BCUT2D eigenvalue weighted by Crippen LogP contribution is -2.48. The van der Waals surface area contributed by atoms with Crippen molar-refractivity contribution in [3.8, 4) is 17.2 Å². The first-order valence-corrected chi connectivity index (χ1v) is 11.9. The standard InChI is InChI=1S/C28H31ClN2O5/c1-19(28(33)30-17-20-7-12-24(34-2)13-8-20)31(18-21-5-10-23(29)11-6-21)27(32)16-22-9-14-25(35-3)26(15-22)36-4/h5-15,19H,16-18H2,1-4H3,(H,30,33)/t19-/m0/s1. The normalized spacial score (nSPS) is 11.4. The van der Waals surface area contributed by atoms with E-state index >= 15 is 0 Å². The zero-order valence-electron chi connectivity index (χ0n) is 20.9. The van der Waals surface area contributed by atoms with Crippen molar-refractivity contribution in [2.75, 3.05) is 21.3 Å². The average molecular weight is 511 g/mol. The highest BCUT2D eigenvalue weighted by Gasteiger charge is 2.26. The van der Waals surface area contributed by atoms with E-state index in [1.54, 1.807) is 57.4 Å². The molecule has 0 unspecified atom stereocenters. The Kier molecular flexibility index (Phi) is 9.59. The molecule has 8 heteroatoms. The van der Waals surface area contributed by atoms with Gasteiger partial charge in [0.2, 0.25) is 11.8 Å². The van der Waals surface area contributed by atoms with E-state index in [1.807, 2.05) is 42.5 Å². The molecule has 0 saturated carbocycles. The number of nitrogens with zero attached hydrogens (tertiary/aromatic N) is 1. The van der Waals surface area contributed by atoms with Crippen molar-refractivity contribution in [1.29, 1.82) is 0 Å². The molecule has 1 N–H and O–H groups in total. The molecule has 190 valence electrons. The highest BCUT2D eigenvalue weighted by molar-refractivity contribution is 6.30. The molecule has 2 amide bonds. The van der Waals surface area contributed by atoms with Crippen molar-refractivity contribution >= 4 is 23.4 Å². The Morgan fingerprint density at radius 3 is 2.06 bits per heavy atom. The first-order chi connectivity index (χ1) is 17.3. The van der Waals surface area contributed by atoms with Gasteiger partial charge in [0.15, 0.2) is 11.5 Å². The molecule has 0 radical (unpaired) electrons. The van der Waals surface area contributed by atoms with Crippen molar-refractivity contribution in [2.45, 2.75) is 32.5 Å². The predicted octanol–water partition coefficient (Wildman–Crippen LogP) is 4.64. The molecule has 0 aliphatic heterocycles. The van der Waals surface area contributed by atoms with Gasteiger partial charge >= 0.3 is 0 Å². The quantitative estimate of drug-likeness (QED) is 0.406. The van der Waals surface area contributed by atoms with E-state index in [2.05, 4.69) is 5.32 Å². The summed E-state index contributed by atoms with van der Waals surface area (Å²) >= 11 is 6.03. The van der Waals surface area contributed by atoms with E-state index in [4.69, 9.17) is 25.8 Å². The van der Waals surface area contributed by atoms with Gasteiger partial charge in [0, 0.05) is 18.1 Å². The highest BCUT2D eigenvalue weighted by Crippen LogP contribution is 2.28. The van der Waals surface area contributed by atoms with Gasteiger partial charge in [0.1, 0.15) is 11.8 Å². The van der Waals surface area contributed by atoms with Gasteiger partial charge in [-0.05, 0) is 60.0 Å². The molecule has 0 aliphatic carbocycles. The van der Waals surface area contributed by atoms with Crippen molar-refractivity contribution in [3.63, 3.8) is 0 Å². The molecule has 7 nitrogen and oxygen atoms in total. The van der Waals surface area contributed by atoms with Gasteiger partial charge in [-0.25, -0.2) is 0 Å². The van der Waals surface area contributed by atoms with Crippen LogP contribution in [0.25, 0.3) is 0 Å². The van der Waals surface area contributed by atoms with Gasteiger partial charge < -0.3 is 24.4 Å². The maximum absolute atomic E-state index is 13.5. The molecule has 3 aromatic carbocycles. The number of methoxy groups -OCH3 is 3. The van der Waals surface area contributed by atoms with Crippen LogP contribution in [0.5, 0.6) is 17.2 Å². The zero-order valence-corrected chi connectivity index (χ0v) is 21.7. The third kappa shape index (κ3) is 7.15. The second kappa shape index (κ2) is 12.8. The first-order valence-electron chi connectivity index (χ1n) is 11.5. The number of rotatable bonds is 11. The Morgan fingerprint density at radius 1 is 0.833 bits per heavy atom. The fourth-order valence-electron chi connectivity index (χ4n) is 3.72. The number of hydrogen-bond acceptors (Lipinski definition) is 5. The first kappa shape index (κ1) is 26.9. The summed E-state index contributed by atoms with van der Waals surface area (Å²) in [6, 6.07) is 19.3. The maximum Gasteiger partial charge on any atom is 0.242 e. The van der Waals surface area contributed by atoms with Gasteiger partial charge in [-0.15, -0.1) is 0 Å². The third-order valence-corrected chi connectivity index (χ3v) is 6.11. The molecule has 0 aliphatic rings. The van der Waals surface area contributed by atoms with Crippen LogP contribution in [0, 0.1) is 0 Å². The summed E-state index contributed by atoms with van der Waals surface area (Å²) in [6.45, 7) is 2.33. The Balaban J connectivity index is 1.76. The highest BCUT2D eigenvalue weighted by atomic mass is 35.5. The number of amides is 2. The Labute approximate surface area is 216 Å². The SMILES string of the molecule is COc1ccc(CNC(=O)[C@H](C)N(Cc2ccc(Cl)cc2)C(=O)Cc2ccc(OC)c(OC)c2)cc1. The second-order valence-corrected chi connectivity index (χ2v) is 8.69. The minimum absolute atomic E-state index is 0.101. The fraction of sp³-hybridized carbons (Fsp3) is 0.286. The lowest BCUT2D eigenvalue weighted by molar-refractivity contribution is -0.140. The molecule has 0 heterocycles. The molecule has 0 saturated heterocycles. The van der Waals surface area contributed by atoms with E-state index in [0.29, 0.717) is 23.1 Å². The number of hydrogen-bond donors (Lipinski definition) is 1. The van der Waals surface area contributed by atoms with E-state index in [0.717, 1.165) is 22.4 Å². The van der Waals surface area contributed by atoms with Crippen LogP contribution in [-0.4, -0.2) is 44.1 Å². The van der Waals surface area contributed by atoms with Gasteiger partial charge in [0.25, 0.3) is 0 Å². The van der Waals surface area contributed by atoms with Crippen LogP contribution in [0.2, 0.25) is 5.02 Å². The van der Waals surface area contributed by atoms with Crippen LogP contribution < -0.4 is 19.5 Å². The van der Waals surface area contributed by atoms with Crippen molar-refractivity contribution in [3.05, 3.63) is 88.4 Å². The maximum atomic E-state index is 13.5. The third-order valence-electron chi connectivity index (χ3n) is 5.86. The Bertz CT molecular complexity index is 1170.